The largest absolute Gasteiger partial charge is 0.573 e. The van der Waals surface area contributed by atoms with E-state index < -0.39 is 6.36 Å². The summed E-state index contributed by atoms with van der Waals surface area (Å²) in [5, 5.41) is 4.12. The van der Waals surface area contributed by atoms with Crippen molar-refractivity contribution in [3.05, 3.63) is 29.5 Å². The highest BCUT2D eigenvalue weighted by Gasteiger charge is 2.31. The SMILES string of the molecule is FC(F)(F)Oc1ccc2c3c(oc2c1)CCNCC3. The molecule has 0 aliphatic carbocycles. The molecule has 1 aromatic heterocycles. The Morgan fingerprint density at radius 1 is 1.16 bits per heavy atom. The zero-order valence-corrected chi connectivity index (χ0v) is 10.0. The maximum absolute atomic E-state index is 12.2. The molecule has 19 heavy (non-hydrogen) atoms. The minimum Gasteiger partial charge on any atom is -0.461 e. The second kappa shape index (κ2) is 4.45. The first-order valence-electron chi connectivity index (χ1n) is 6.04. The molecular formula is C13H12F3NO2. The van der Waals surface area contributed by atoms with Gasteiger partial charge in [-0.15, -0.1) is 13.2 Å². The molecule has 3 rings (SSSR count). The summed E-state index contributed by atoms with van der Waals surface area (Å²) < 4.78 is 46.0. The maximum Gasteiger partial charge on any atom is 0.573 e. The monoisotopic (exact) mass is 271 g/mol. The van der Waals surface area contributed by atoms with E-state index in [9.17, 15) is 13.2 Å². The number of hydrogen-bond donors (Lipinski definition) is 1. The fraction of sp³-hybridized carbons (Fsp3) is 0.385. The minimum absolute atomic E-state index is 0.248. The highest BCUT2D eigenvalue weighted by Crippen LogP contribution is 2.32. The molecule has 1 aliphatic heterocycles. The molecule has 0 saturated heterocycles. The van der Waals surface area contributed by atoms with E-state index in [2.05, 4.69) is 10.1 Å². The van der Waals surface area contributed by atoms with Gasteiger partial charge >= 0.3 is 6.36 Å². The van der Waals surface area contributed by atoms with E-state index in [4.69, 9.17) is 4.42 Å². The second-order valence-corrected chi connectivity index (χ2v) is 4.46. The standard InChI is InChI=1S/C13H12F3NO2/c14-13(15,16)19-8-1-2-9-10-3-5-17-6-4-11(10)18-12(9)7-8/h1-2,7,17H,3-6H2. The van der Waals surface area contributed by atoms with Gasteiger partial charge in [-0.05, 0) is 25.1 Å². The van der Waals surface area contributed by atoms with Crippen molar-refractivity contribution in [2.75, 3.05) is 13.1 Å². The van der Waals surface area contributed by atoms with Crippen molar-refractivity contribution < 1.29 is 22.3 Å². The van der Waals surface area contributed by atoms with Crippen LogP contribution >= 0.6 is 0 Å². The number of halogens is 3. The molecule has 102 valence electrons. The fourth-order valence-corrected chi connectivity index (χ4v) is 2.39. The third kappa shape index (κ3) is 2.53. The predicted octanol–water partition coefficient (Wildman–Crippen LogP) is 3.02. The van der Waals surface area contributed by atoms with Crippen molar-refractivity contribution in [1.82, 2.24) is 5.32 Å². The number of furan rings is 1. The van der Waals surface area contributed by atoms with Crippen LogP contribution in [0.25, 0.3) is 11.0 Å². The normalized spacial score (nSPS) is 16.2. The van der Waals surface area contributed by atoms with Crippen LogP contribution in [0.3, 0.4) is 0 Å². The summed E-state index contributed by atoms with van der Waals surface area (Å²) in [6, 6.07) is 4.25. The van der Waals surface area contributed by atoms with Gasteiger partial charge in [0.2, 0.25) is 0 Å². The molecular weight excluding hydrogens is 259 g/mol. The van der Waals surface area contributed by atoms with E-state index in [0.29, 0.717) is 5.58 Å². The van der Waals surface area contributed by atoms with E-state index in [0.717, 1.165) is 42.6 Å². The molecule has 1 aromatic carbocycles. The lowest BCUT2D eigenvalue weighted by Crippen LogP contribution is -2.17. The first kappa shape index (κ1) is 12.3. The Labute approximate surface area is 107 Å². The van der Waals surface area contributed by atoms with Crippen molar-refractivity contribution in [3.8, 4) is 5.75 Å². The summed E-state index contributed by atoms with van der Waals surface area (Å²) >= 11 is 0. The van der Waals surface area contributed by atoms with Gasteiger partial charge in [-0.25, -0.2) is 0 Å². The van der Waals surface area contributed by atoms with Crippen molar-refractivity contribution in [2.45, 2.75) is 19.2 Å². The van der Waals surface area contributed by atoms with Gasteiger partial charge in [-0.3, -0.25) is 0 Å². The Bertz CT molecular complexity index is 604. The molecule has 0 radical (unpaired) electrons. The average Bonchev–Trinajstić information content (AvgIpc) is 2.50. The third-order valence-corrected chi connectivity index (χ3v) is 3.16. The third-order valence-electron chi connectivity index (χ3n) is 3.16. The Balaban J connectivity index is 2.01. The van der Waals surface area contributed by atoms with Crippen LogP contribution in [0.4, 0.5) is 13.2 Å². The quantitative estimate of drug-likeness (QED) is 0.865. The van der Waals surface area contributed by atoms with Gasteiger partial charge in [-0.1, -0.05) is 0 Å². The summed E-state index contributed by atoms with van der Waals surface area (Å²) in [5.41, 5.74) is 1.53. The number of hydrogen-bond acceptors (Lipinski definition) is 3. The zero-order valence-electron chi connectivity index (χ0n) is 10.0. The Morgan fingerprint density at radius 3 is 2.74 bits per heavy atom. The molecule has 0 bridgehead atoms. The Hall–Kier alpha value is -1.69. The zero-order chi connectivity index (χ0) is 13.5. The van der Waals surface area contributed by atoms with E-state index in [1.54, 1.807) is 6.07 Å². The van der Waals surface area contributed by atoms with Crippen LogP contribution in [0.2, 0.25) is 0 Å². The van der Waals surface area contributed by atoms with E-state index in [-0.39, 0.29) is 5.75 Å². The summed E-state index contributed by atoms with van der Waals surface area (Å²) in [5.74, 6) is 0.603. The van der Waals surface area contributed by atoms with Crippen molar-refractivity contribution >= 4 is 11.0 Å². The molecule has 2 heterocycles. The van der Waals surface area contributed by atoms with Gasteiger partial charge in [0.1, 0.15) is 17.1 Å². The van der Waals surface area contributed by atoms with E-state index >= 15 is 0 Å². The van der Waals surface area contributed by atoms with Crippen LogP contribution < -0.4 is 10.1 Å². The van der Waals surface area contributed by atoms with Gasteiger partial charge in [0.25, 0.3) is 0 Å². The minimum atomic E-state index is -4.68. The number of rotatable bonds is 1. The van der Waals surface area contributed by atoms with E-state index in [1.807, 2.05) is 0 Å². The Morgan fingerprint density at radius 2 is 1.95 bits per heavy atom. The van der Waals surface area contributed by atoms with Crippen LogP contribution in [0.1, 0.15) is 11.3 Å². The second-order valence-electron chi connectivity index (χ2n) is 4.46. The fourth-order valence-electron chi connectivity index (χ4n) is 2.39. The molecule has 0 amide bonds. The van der Waals surface area contributed by atoms with Crippen LogP contribution in [-0.2, 0) is 12.8 Å². The van der Waals surface area contributed by atoms with Crippen LogP contribution in [0.5, 0.6) is 5.75 Å². The lowest BCUT2D eigenvalue weighted by atomic mass is 10.1. The molecule has 0 fully saturated rings. The first-order valence-corrected chi connectivity index (χ1v) is 6.04. The average molecular weight is 271 g/mol. The molecule has 0 spiro atoms. The molecule has 2 aromatic rings. The van der Waals surface area contributed by atoms with Gasteiger partial charge in [-0.2, -0.15) is 0 Å². The molecule has 0 saturated carbocycles. The summed E-state index contributed by atoms with van der Waals surface area (Å²) in [6.45, 7) is 1.67. The summed E-state index contributed by atoms with van der Waals surface area (Å²) in [4.78, 5) is 0. The van der Waals surface area contributed by atoms with Crippen LogP contribution in [-0.4, -0.2) is 19.5 Å². The molecule has 0 atom stereocenters. The number of benzene rings is 1. The molecule has 0 unspecified atom stereocenters. The first-order chi connectivity index (χ1) is 9.03. The highest BCUT2D eigenvalue weighted by molar-refractivity contribution is 5.83. The van der Waals surface area contributed by atoms with Gasteiger partial charge < -0.3 is 14.5 Å². The lowest BCUT2D eigenvalue weighted by molar-refractivity contribution is -0.274. The van der Waals surface area contributed by atoms with Gasteiger partial charge in [0, 0.05) is 30.0 Å². The smallest absolute Gasteiger partial charge is 0.461 e. The molecule has 3 nitrogen and oxygen atoms in total. The van der Waals surface area contributed by atoms with Gasteiger partial charge in [0.05, 0.1) is 0 Å². The molecule has 1 N–H and O–H groups in total. The summed E-state index contributed by atoms with van der Waals surface area (Å²) in [7, 11) is 0. The molecule has 1 aliphatic rings. The van der Waals surface area contributed by atoms with Crippen molar-refractivity contribution in [1.29, 1.82) is 0 Å². The topological polar surface area (TPSA) is 34.4 Å². The predicted molar refractivity (Wildman–Crippen MR) is 63.2 cm³/mol. The van der Waals surface area contributed by atoms with Gasteiger partial charge in [0.15, 0.2) is 0 Å². The maximum atomic E-state index is 12.2. The summed E-state index contributed by atoms with van der Waals surface area (Å²) in [6.07, 6.45) is -3.11. The van der Waals surface area contributed by atoms with E-state index in [1.165, 1.54) is 12.1 Å². The van der Waals surface area contributed by atoms with Crippen LogP contribution in [0.15, 0.2) is 22.6 Å². The number of alkyl halides is 3. The number of nitrogens with one attached hydrogen (secondary N) is 1. The number of ether oxygens (including phenoxy) is 1. The lowest BCUT2D eigenvalue weighted by Gasteiger charge is -2.08. The van der Waals surface area contributed by atoms with Crippen molar-refractivity contribution in [3.63, 3.8) is 0 Å². The highest BCUT2D eigenvalue weighted by atomic mass is 19.4. The Kier molecular flexibility index (Phi) is 2.89. The van der Waals surface area contributed by atoms with Crippen molar-refractivity contribution in [2.24, 2.45) is 0 Å². The molecule has 6 heteroatoms. The number of fused-ring (bicyclic) bond motifs is 3. The van der Waals surface area contributed by atoms with Crippen LogP contribution in [0, 0.1) is 0 Å².